The molecular weight excluding hydrogens is 458 g/mol. The van der Waals surface area contributed by atoms with Crippen molar-refractivity contribution in [3.05, 3.63) is 72.0 Å². The molecule has 0 unspecified atom stereocenters. The lowest BCUT2D eigenvalue weighted by molar-refractivity contribution is -0.0528. The molecule has 0 aliphatic rings. The fraction of sp³-hybridized carbons (Fsp3) is 0.0952. The predicted molar refractivity (Wildman–Crippen MR) is 110 cm³/mol. The summed E-state index contributed by atoms with van der Waals surface area (Å²) >= 11 is 0. The van der Waals surface area contributed by atoms with Crippen LogP contribution in [0.15, 0.2) is 53.4 Å². The van der Waals surface area contributed by atoms with Crippen LogP contribution in [0.3, 0.4) is 0 Å². The molecule has 0 aliphatic heterocycles. The van der Waals surface area contributed by atoms with Crippen molar-refractivity contribution < 1.29 is 26.7 Å². The predicted octanol–water partition coefficient (Wildman–Crippen LogP) is 3.89. The molecule has 34 heavy (non-hydrogen) atoms. The van der Waals surface area contributed by atoms with Gasteiger partial charge in [0.05, 0.1) is 11.8 Å². The van der Waals surface area contributed by atoms with E-state index in [1.807, 2.05) is 0 Å². The van der Waals surface area contributed by atoms with E-state index in [1.54, 1.807) is 0 Å². The second-order valence-corrected chi connectivity index (χ2v) is 6.93. The summed E-state index contributed by atoms with van der Waals surface area (Å²) in [5.41, 5.74) is 6.68. The van der Waals surface area contributed by atoms with Gasteiger partial charge in [0.25, 0.3) is 0 Å². The molecule has 2 N–H and O–H groups in total. The fourth-order valence-corrected chi connectivity index (χ4v) is 3.42. The first-order valence-corrected chi connectivity index (χ1v) is 9.70. The number of aromatic nitrogens is 6. The summed E-state index contributed by atoms with van der Waals surface area (Å²) in [6, 6.07) is 6.24. The largest absolute Gasteiger partial charge is 0.443 e. The Balaban J connectivity index is 1.72. The van der Waals surface area contributed by atoms with Gasteiger partial charge in [-0.2, -0.15) is 13.3 Å². The van der Waals surface area contributed by atoms with Crippen LogP contribution in [-0.4, -0.2) is 36.2 Å². The number of hydrogen-bond acceptors (Lipinski definition) is 8. The van der Waals surface area contributed by atoms with E-state index in [1.165, 1.54) is 41.4 Å². The van der Waals surface area contributed by atoms with Gasteiger partial charge in [-0.25, -0.2) is 28.7 Å². The molecule has 0 saturated heterocycles. The molecule has 4 aromatic heterocycles. The molecule has 1 aromatic carbocycles. The van der Waals surface area contributed by atoms with Gasteiger partial charge in [0.1, 0.15) is 23.6 Å². The number of benzene rings is 1. The summed E-state index contributed by atoms with van der Waals surface area (Å²) in [4.78, 5) is 16.5. The molecule has 0 aliphatic carbocycles. The number of fused-ring (bicyclic) bond motifs is 1. The van der Waals surface area contributed by atoms with Crippen molar-refractivity contribution >= 4 is 11.6 Å². The first-order chi connectivity index (χ1) is 16.4. The third kappa shape index (κ3) is 3.87. The summed E-state index contributed by atoms with van der Waals surface area (Å²) in [6.07, 6.45) is 3.68. The van der Waals surface area contributed by atoms with Crippen molar-refractivity contribution in [2.24, 2.45) is 0 Å². The van der Waals surface area contributed by atoms with Crippen LogP contribution in [0.2, 0.25) is 0 Å². The van der Waals surface area contributed by atoms with Gasteiger partial charge in [0.15, 0.2) is 11.5 Å². The fourth-order valence-electron chi connectivity index (χ4n) is 3.42. The second kappa shape index (κ2) is 8.42. The Bertz CT molecular complexity index is 1470. The lowest BCUT2D eigenvalue weighted by atomic mass is 10.1. The maximum atomic E-state index is 14.2. The van der Waals surface area contributed by atoms with Crippen LogP contribution >= 0.6 is 0 Å². The number of pyridine rings is 1. The third-order valence-electron chi connectivity index (χ3n) is 4.82. The van der Waals surface area contributed by atoms with E-state index in [9.17, 15) is 17.6 Å². The Morgan fingerprint density at radius 1 is 1.06 bits per heavy atom. The van der Waals surface area contributed by atoms with Crippen LogP contribution in [0.25, 0.3) is 28.4 Å². The number of oxazole rings is 1. The van der Waals surface area contributed by atoms with E-state index in [0.717, 1.165) is 12.1 Å². The van der Waals surface area contributed by atoms with Crippen molar-refractivity contribution in [1.82, 2.24) is 29.5 Å². The van der Waals surface area contributed by atoms with Gasteiger partial charge in [-0.1, -0.05) is 6.07 Å². The maximum absolute atomic E-state index is 14.2. The number of nitrogens with two attached hydrogens (primary N) is 1. The molecule has 5 rings (SSSR count). The van der Waals surface area contributed by atoms with E-state index in [2.05, 4.69) is 29.8 Å². The molecule has 5 aromatic rings. The first kappa shape index (κ1) is 21.3. The van der Waals surface area contributed by atoms with Crippen molar-refractivity contribution in [1.29, 1.82) is 0 Å². The molecular formula is C21H13F4N7O2. The van der Waals surface area contributed by atoms with E-state index >= 15 is 0 Å². The molecule has 0 radical (unpaired) electrons. The van der Waals surface area contributed by atoms with Crippen LogP contribution < -0.4 is 10.5 Å². The zero-order valence-electron chi connectivity index (χ0n) is 17.0. The van der Waals surface area contributed by atoms with Gasteiger partial charge in [-0.3, -0.25) is 0 Å². The lowest BCUT2D eigenvalue weighted by Gasteiger charge is -2.10. The zero-order chi connectivity index (χ0) is 23.8. The summed E-state index contributed by atoms with van der Waals surface area (Å²) in [5, 5.41) is 4.24. The highest BCUT2D eigenvalue weighted by molar-refractivity contribution is 5.88. The molecule has 0 spiro atoms. The highest BCUT2D eigenvalue weighted by Gasteiger charge is 2.24. The summed E-state index contributed by atoms with van der Waals surface area (Å²) in [5.74, 6) is -1.86. The number of halogens is 4. The minimum absolute atomic E-state index is 0.0430. The van der Waals surface area contributed by atoms with Crippen LogP contribution in [0.1, 0.15) is 11.4 Å². The van der Waals surface area contributed by atoms with Crippen LogP contribution in [0.5, 0.6) is 5.88 Å². The van der Waals surface area contributed by atoms with E-state index in [4.69, 9.17) is 10.2 Å². The van der Waals surface area contributed by atoms with Gasteiger partial charge in [0.2, 0.25) is 17.7 Å². The molecule has 4 heterocycles. The summed E-state index contributed by atoms with van der Waals surface area (Å²) in [6.45, 7) is -3.09. The average Bonchev–Trinajstić information content (AvgIpc) is 3.46. The zero-order valence-corrected chi connectivity index (χ0v) is 17.0. The molecule has 0 bridgehead atoms. The van der Waals surface area contributed by atoms with E-state index in [0.29, 0.717) is 5.56 Å². The molecule has 172 valence electrons. The number of alkyl halides is 2. The van der Waals surface area contributed by atoms with Crippen LogP contribution in [-0.2, 0) is 6.42 Å². The number of hydrogen-bond donors (Lipinski definition) is 1. The maximum Gasteiger partial charge on any atom is 0.388 e. The lowest BCUT2D eigenvalue weighted by Crippen LogP contribution is -2.07. The molecule has 0 saturated carbocycles. The van der Waals surface area contributed by atoms with Gasteiger partial charge >= 0.3 is 6.61 Å². The normalized spacial score (nSPS) is 11.4. The Morgan fingerprint density at radius 3 is 2.56 bits per heavy atom. The minimum atomic E-state index is -3.09. The van der Waals surface area contributed by atoms with E-state index < -0.39 is 18.2 Å². The number of rotatable bonds is 6. The standard InChI is InChI=1S/C21H13F4N7O2/c22-12-2-1-3-13(23)11(12)9-14-29-18-16(10-4-5-27-15(8-10)34-20(24)25)17(19-28-6-7-33-19)30-21(26)32(18)31-14/h1-8,20H,9H2,(H2,26,30). The van der Waals surface area contributed by atoms with Gasteiger partial charge in [0, 0.05) is 24.2 Å². The van der Waals surface area contributed by atoms with Gasteiger partial charge < -0.3 is 14.9 Å². The summed E-state index contributed by atoms with van der Waals surface area (Å²) < 4.78 is 64.7. The number of ether oxygens (including phenoxy) is 1. The molecule has 13 heteroatoms. The summed E-state index contributed by atoms with van der Waals surface area (Å²) in [7, 11) is 0. The Labute approximate surface area is 187 Å². The first-order valence-electron chi connectivity index (χ1n) is 9.70. The van der Waals surface area contributed by atoms with Crippen molar-refractivity contribution in [3.8, 4) is 28.6 Å². The number of anilines is 1. The topological polar surface area (TPSA) is 117 Å². The quantitative estimate of drug-likeness (QED) is 0.371. The highest BCUT2D eigenvalue weighted by Crippen LogP contribution is 2.35. The SMILES string of the molecule is Nc1nc(-c2ncco2)c(-c2ccnc(OC(F)F)c2)c2nc(Cc3c(F)cccc3F)nn12. The van der Waals surface area contributed by atoms with Crippen molar-refractivity contribution in [2.75, 3.05) is 5.73 Å². The highest BCUT2D eigenvalue weighted by atomic mass is 19.3. The molecule has 0 atom stereocenters. The Kier molecular flexibility index (Phi) is 5.28. The smallest absolute Gasteiger partial charge is 0.388 e. The van der Waals surface area contributed by atoms with E-state index in [-0.39, 0.29) is 52.4 Å². The Hall–Kier alpha value is -4.55. The molecule has 0 fully saturated rings. The second-order valence-electron chi connectivity index (χ2n) is 6.93. The van der Waals surface area contributed by atoms with Crippen LogP contribution in [0, 0.1) is 11.6 Å². The third-order valence-corrected chi connectivity index (χ3v) is 4.82. The number of nitrogen functional groups attached to an aromatic ring is 1. The Morgan fingerprint density at radius 2 is 1.85 bits per heavy atom. The molecule has 9 nitrogen and oxygen atoms in total. The monoisotopic (exact) mass is 471 g/mol. The van der Waals surface area contributed by atoms with Crippen molar-refractivity contribution in [2.45, 2.75) is 13.0 Å². The van der Waals surface area contributed by atoms with Gasteiger partial charge in [-0.05, 0) is 23.8 Å². The average molecular weight is 471 g/mol. The number of nitrogens with zero attached hydrogens (tertiary/aromatic N) is 6. The van der Waals surface area contributed by atoms with Crippen LogP contribution in [0.4, 0.5) is 23.5 Å². The molecule has 0 amide bonds. The minimum Gasteiger partial charge on any atom is -0.443 e. The van der Waals surface area contributed by atoms with Gasteiger partial charge in [-0.15, -0.1) is 5.10 Å². The van der Waals surface area contributed by atoms with Crippen molar-refractivity contribution in [3.63, 3.8) is 0 Å².